The Bertz CT molecular complexity index is 872. The summed E-state index contributed by atoms with van der Waals surface area (Å²) in [5.41, 5.74) is -0.583. The van der Waals surface area contributed by atoms with E-state index < -0.39 is 17.3 Å². The molecule has 1 amide bonds. The molecule has 1 N–H and O–H groups in total. The molecule has 0 spiro atoms. The van der Waals surface area contributed by atoms with Gasteiger partial charge in [-0.25, -0.2) is 4.79 Å². The molecule has 0 fully saturated rings. The zero-order valence-corrected chi connectivity index (χ0v) is 14.6. The molecule has 1 aromatic carbocycles. The van der Waals surface area contributed by atoms with Crippen LogP contribution in [0.25, 0.3) is 10.9 Å². The van der Waals surface area contributed by atoms with Gasteiger partial charge in [0.05, 0.1) is 17.5 Å². The number of hydrogen-bond donors (Lipinski definition) is 1. The van der Waals surface area contributed by atoms with Gasteiger partial charge in [-0.1, -0.05) is 11.6 Å². The Morgan fingerprint density at radius 2 is 2.08 bits per heavy atom. The van der Waals surface area contributed by atoms with Crippen molar-refractivity contribution in [3.63, 3.8) is 0 Å². The van der Waals surface area contributed by atoms with Crippen molar-refractivity contribution in [3.05, 3.63) is 44.1 Å². The minimum Gasteiger partial charge on any atom is -0.383 e. The number of rotatable bonds is 6. The van der Waals surface area contributed by atoms with Crippen LogP contribution in [-0.2, 0) is 16.1 Å². The number of carbonyl (C=O) groups is 1. The summed E-state index contributed by atoms with van der Waals surface area (Å²) in [7, 11) is 1.53. The van der Waals surface area contributed by atoms with Crippen molar-refractivity contribution in [1.82, 2.24) is 14.5 Å². The number of amides is 1. The fraction of sp³-hybridized carbons (Fsp3) is 0.438. The van der Waals surface area contributed by atoms with Gasteiger partial charge >= 0.3 is 5.69 Å². The summed E-state index contributed by atoms with van der Waals surface area (Å²) >= 11 is 6.01. The average Bonchev–Trinajstić information content (AvgIpc) is 2.55. The lowest BCUT2D eigenvalue weighted by atomic mass is 10.2. The molecule has 1 aromatic heterocycles. The molecule has 0 aliphatic carbocycles. The van der Waals surface area contributed by atoms with Crippen LogP contribution in [0.15, 0.2) is 27.8 Å². The Kier molecular flexibility index (Phi) is 5.80. The maximum absolute atomic E-state index is 12.7. The van der Waals surface area contributed by atoms with Crippen LogP contribution in [0, 0.1) is 0 Å². The fourth-order valence-electron chi connectivity index (χ4n) is 2.54. The molecule has 0 bridgehead atoms. The van der Waals surface area contributed by atoms with Crippen molar-refractivity contribution in [2.45, 2.75) is 26.4 Å². The van der Waals surface area contributed by atoms with E-state index in [2.05, 4.69) is 5.32 Å². The molecule has 8 heteroatoms. The summed E-state index contributed by atoms with van der Waals surface area (Å²) in [5.74, 6) is -0.336. The number of carbonyl (C=O) groups excluding carboxylic acids is 1. The first-order valence-corrected chi connectivity index (χ1v) is 8.01. The second-order valence-corrected chi connectivity index (χ2v) is 5.76. The number of benzene rings is 1. The van der Waals surface area contributed by atoms with Gasteiger partial charge in [0.1, 0.15) is 6.04 Å². The van der Waals surface area contributed by atoms with Crippen LogP contribution >= 0.6 is 11.6 Å². The first kappa shape index (κ1) is 18.2. The molecule has 24 heavy (non-hydrogen) atoms. The van der Waals surface area contributed by atoms with Gasteiger partial charge in [0, 0.05) is 25.2 Å². The van der Waals surface area contributed by atoms with Crippen LogP contribution in [0.5, 0.6) is 0 Å². The van der Waals surface area contributed by atoms with Crippen LogP contribution in [0.3, 0.4) is 0 Å². The SMILES string of the molecule is CCn1c(=O)c2ccc(Cl)cc2n(C(C)C(=O)NCCOC)c1=O. The van der Waals surface area contributed by atoms with Crippen LogP contribution in [0.1, 0.15) is 19.9 Å². The highest BCUT2D eigenvalue weighted by Gasteiger charge is 2.21. The minimum absolute atomic E-state index is 0.217. The first-order chi connectivity index (χ1) is 11.4. The van der Waals surface area contributed by atoms with Crippen LogP contribution in [0.4, 0.5) is 0 Å². The smallest absolute Gasteiger partial charge is 0.332 e. The van der Waals surface area contributed by atoms with Gasteiger partial charge in [0.25, 0.3) is 5.56 Å². The molecule has 0 saturated carbocycles. The molecule has 0 aliphatic heterocycles. The number of ether oxygens (including phenoxy) is 1. The predicted octanol–water partition coefficient (Wildman–Crippen LogP) is 1.16. The van der Waals surface area contributed by atoms with Crippen LogP contribution in [0.2, 0.25) is 5.02 Å². The molecular formula is C16H20ClN3O4. The van der Waals surface area contributed by atoms with Crippen molar-refractivity contribution < 1.29 is 9.53 Å². The number of hydrogen-bond acceptors (Lipinski definition) is 4. The van der Waals surface area contributed by atoms with Gasteiger partial charge in [-0.05, 0) is 32.0 Å². The van der Waals surface area contributed by atoms with Gasteiger partial charge in [0.15, 0.2) is 0 Å². The molecule has 7 nitrogen and oxygen atoms in total. The lowest BCUT2D eigenvalue weighted by molar-refractivity contribution is -0.124. The number of nitrogens with one attached hydrogen (secondary N) is 1. The summed E-state index contributed by atoms with van der Waals surface area (Å²) in [6.07, 6.45) is 0. The van der Waals surface area contributed by atoms with E-state index in [0.717, 1.165) is 4.57 Å². The fourth-order valence-corrected chi connectivity index (χ4v) is 2.71. The van der Waals surface area contributed by atoms with E-state index >= 15 is 0 Å². The van der Waals surface area contributed by atoms with Gasteiger partial charge in [-0.15, -0.1) is 0 Å². The monoisotopic (exact) mass is 353 g/mol. The van der Waals surface area contributed by atoms with Crippen molar-refractivity contribution in [1.29, 1.82) is 0 Å². The van der Waals surface area contributed by atoms with Gasteiger partial charge in [0.2, 0.25) is 5.91 Å². The number of methoxy groups -OCH3 is 1. The van der Waals surface area contributed by atoms with E-state index in [-0.39, 0.29) is 12.5 Å². The molecule has 0 radical (unpaired) electrons. The maximum atomic E-state index is 12.7. The molecule has 2 aromatic rings. The maximum Gasteiger partial charge on any atom is 0.332 e. The molecule has 1 atom stereocenters. The molecule has 0 aliphatic rings. The second-order valence-electron chi connectivity index (χ2n) is 5.32. The average molecular weight is 354 g/mol. The van der Waals surface area contributed by atoms with Crippen molar-refractivity contribution in [2.24, 2.45) is 0 Å². The third kappa shape index (κ3) is 3.37. The van der Waals surface area contributed by atoms with Crippen molar-refractivity contribution >= 4 is 28.4 Å². The topological polar surface area (TPSA) is 82.3 Å². The van der Waals surface area contributed by atoms with E-state index in [9.17, 15) is 14.4 Å². The Hall–Kier alpha value is -2.12. The molecular weight excluding hydrogens is 334 g/mol. The predicted molar refractivity (Wildman–Crippen MR) is 92.7 cm³/mol. The summed E-state index contributed by atoms with van der Waals surface area (Å²) in [6.45, 7) is 4.23. The number of fused-ring (bicyclic) bond motifs is 1. The quantitative estimate of drug-likeness (QED) is 0.790. The van der Waals surface area contributed by atoms with Crippen molar-refractivity contribution in [3.8, 4) is 0 Å². The lowest BCUT2D eigenvalue weighted by Gasteiger charge is -2.19. The standard InChI is InChI=1S/C16H20ClN3O4/c1-4-19-15(22)12-6-5-11(17)9-13(12)20(16(19)23)10(2)14(21)18-7-8-24-3/h5-6,9-10H,4,7-8H2,1-3H3,(H,18,21). The third-order valence-corrected chi connectivity index (χ3v) is 4.06. The van der Waals surface area contributed by atoms with E-state index in [1.807, 2.05) is 0 Å². The zero-order valence-electron chi connectivity index (χ0n) is 13.8. The van der Waals surface area contributed by atoms with E-state index in [0.29, 0.717) is 29.1 Å². The first-order valence-electron chi connectivity index (χ1n) is 7.63. The molecule has 2 rings (SSSR count). The highest BCUT2D eigenvalue weighted by atomic mass is 35.5. The van der Waals surface area contributed by atoms with E-state index in [1.165, 1.54) is 17.7 Å². The number of halogens is 1. The highest BCUT2D eigenvalue weighted by molar-refractivity contribution is 6.31. The van der Waals surface area contributed by atoms with Crippen molar-refractivity contribution in [2.75, 3.05) is 20.3 Å². The summed E-state index contributed by atoms with van der Waals surface area (Å²) in [6, 6.07) is 3.88. The second kappa shape index (κ2) is 7.63. The van der Waals surface area contributed by atoms with Gasteiger partial charge in [-0.3, -0.25) is 18.7 Å². The Labute approximate surface area is 143 Å². The normalized spacial score (nSPS) is 12.3. The van der Waals surface area contributed by atoms with Crippen LogP contribution in [-0.4, -0.2) is 35.3 Å². The van der Waals surface area contributed by atoms with Gasteiger partial charge in [-0.2, -0.15) is 0 Å². The zero-order chi connectivity index (χ0) is 17.9. The molecule has 130 valence electrons. The minimum atomic E-state index is -0.797. The lowest BCUT2D eigenvalue weighted by Crippen LogP contribution is -2.44. The molecule has 1 unspecified atom stereocenters. The highest BCUT2D eigenvalue weighted by Crippen LogP contribution is 2.18. The summed E-state index contributed by atoms with van der Waals surface area (Å²) in [4.78, 5) is 37.5. The Morgan fingerprint density at radius 1 is 1.38 bits per heavy atom. The molecule has 0 saturated heterocycles. The van der Waals surface area contributed by atoms with Crippen LogP contribution < -0.4 is 16.6 Å². The summed E-state index contributed by atoms with van der Waals surface area (Å²) in [5, 5.41) is 3.43. The van der Waals surface area contributed by atoms with E-state index in [1.54, 1.807) is 26.0 Å². The Morgan fingerprint density at radius 3 is 2.71 bits per heavy atom. The molecule has 1 heterocycles. The summed E-state index contributed by atoms with van der Waals surface area (Å²) < 4.78 is 7.30. The number of aromatic nitrogens is 2. The van der Waals surface area contributed by atoms with E-state index in [4.69, 9.17) is 16.3 Å². The largest absolute Gasteiger partial charge is 0.383 e. The Balaban J connectivity index is 2.63. The number of nitrogens with zero attached hydrogens (tertiary/aromatic N) is 2. The third-order valence-electron chi connectivity index (χ3n) is 3.82. The van der Waals surface area contributed by atoms with Gasteiger partial charge < -0.3 is 10.1 Å².